The lowest BCUT2D eigenvalue weighted by Gasteiger charge is -2.27. The van der Waals surface area contributed by atoms with Crippen molar-refractivity contribution in [1.29, 1.82) is 0 Å². The molecule has 2 amide bonds. The third-order valence-electron chi connectivity index (χ3n) is 4.43. The van der Waals surface area contributed by atoms with Gasteiger partial charge in [-0.05, 0) is 31.2 Å². The Morgan fingerprint density at radius 3 is 2.62 bits per heavy atom. The van der Waals surface area contributed by atoms with Crippen molar-refractivity contribution in [3.63, 3.8) is 0 Å². The van der Waals surface area contributed by atoms with Crippen LogP contribution in [0.1, 0.15) is 22.8 Å². The van der Waals surface area contributed by atoms with Crippen molar-refractivity contribution in [1.82, 2.24) is 4.90 Å². The van der Waals surface area contributed by atoms with Crippen LogP contribution in [0.15, 0.2) is 53.7 Å². The molecule has 0 radical (unpaired) electrons. The molecule has 152 valence electrons. The summed E-state index contributed by atoms with van der Waals surface area (Å²) in [5.41, 5.74) is 1.29. The predicted molar refractivity (Wildman–Crippen MR) is 108 cm³/mol. The summed E-state index contributed by atoms with van der Waals surface area (Å²) in [5.74, 6) is -0.537. The van der Waals surface area contributed by atoms with Gasteiger partial charge < -0.3 is 24.9 Å². The van der Waals surface area contributed by atoms with Gasteiger partial charge in [-0.1, -0.05) is 29.4 Å². The van der Waals surface area contributed by atoms with E-state index < -0.39 is 12.0 Å². The number of phenols is 1. The van der Waals surface area contributed by atoms with Crippen molar-refractivity contribution in [2.45, 2.75) is 13.0 Å². The quantitative estimate of drug-likeness (QED) is 0.575. The molecule has 1 fully saturated rings. The SMILES string of the molecule is C[C@@H](O/N=C\c1ccccc1O)C(=O)Nc1ccccc1C(=O)N1CCOCC1. The maximum Gasteiger partial charge on any atom is 0.268 e. The Kier molecular flexibility index (Phi) is 6.80. The fourth-order valence-electron chi connectivity index (χ4n) is 2.77. The molecular formula is C21H23N3O5. The normalized spacial score (nSPS) is 15.1. The van der Waals surface area contributed by atoms with E-state index in [1.165, 1.54) is 12.3 Å². The Morgan fingerprint density at radius 1 is 1.17 bits per heavy atom. The summed E-state index contributed by atoms with van der Waals surface area (Å²) < 4.78 is 5.28. The van der Waals surface area contributed by atoms with Gasteiger partial charge in [0.1, 0.15) is 5.75 Å². The summed E-state index contributed by atoms with van der Waals surface area (Å²) in [7, 11) is 0. The molecule has 1 heterocycles. The molecule has 2 aromatic carbocycles. The number of benzene rings is 2. The number of nitrogens with one attached hydrogen (secondary N) is 1. The topological polar surface area (TPSA) is 100 Å². The minimum Gasteiger partial charge on any atom is -0.507 e. The second-order valence-corrected chi connectivity index (χ2v) is 6.48. The van der Waals surface area contributed by atoms with Crippen molar-refractivity contribution < 1.29 is 24.3 Å². The van der Waals surface area contributed by atoms with E-state index in [1.54, 1.807) is 54.3 Å². The molecule has 8 heteroatoms. The van der Waals surface area contributed by atoms with E-state index in [-0.39, 0.29) is 11.7 Å². The molecule has 8 nitrogen and oxygen atoms in total. The average Bonchev–Trinajstić information content (AvgIpc) is 2.75. The van der Waals surface area contributed by atoms with Gasteiger partial charge in [0, 0.05) is 18.7 Å². The summed E-state index contributed by atoms with van der Waals surface area (Å²) in [6.45, 7) is 3.58. The van der Waals surface area contributed by atoms with E-state index in [2.05, 4.69) is 10.5 Å². The van der Waals surface area contributed by atoms with Gasteiger partial charge in [0.2, 0.25) is 6.10 Å². The zero-order valence-electron chi connectivity index (χ0n) is 16.1. The molecule has 1 aliphatic rings. The highest BCUT2D eigenvalue weighted by molar-refractivity contribution is 6.04. The zero-order chi connectivity index (χ0) is 20.6. The van der Waals surface area contributed by atoms with Gasteiger partial charge in [-0.25, -0.2) is 0 Å². The Labute approximate surface area is 168 Å². The summed E-state index contributed by atoms with van der Waals surface area (Å²) in [6.07, 6.45) is 0.429. The van der Waals surface area contributed by atoms with Crippen molar-refractivity contribution in [3.05, 3.63) is 59.7 Å². The minimum atomic E-state index is -0.899. The molecule has 0 unspecified atom stereocenters. The van der Waals surface area contributed by atoms with Crippen LogP contribution in [-0.4, -0.2) is 60.4 Å². The molecule has 0 aromatic heterocycles. The molecule has 1 atom stereocenters. The van der Waals surface area contributed by atoms with Gasteiger partial charge in [-0.2, -0.15) is 0 Å². The molecule has 0 saturated carbocycles. The van der Waals surface area contributed by atoms with E-state index in [9.17, 15) is 14.7 Å². The number of oxime groups is 1. The maximum absolute atomic E-state index is 12.8. The van der Waals surface area contributed by atoms with Crippen LogP contribution in [-0.2, 0) is 14.4 Å². The Bertz CT molecular complexity index is 893. The van der Waals surface area contributed by atoms with E-state index in [4.69, 9.17) is 9.57 Å². The van der Waals surface area contributed by atoms with Gasteiger partial charge in [0.15, 0.2) is 0 Å². The Hall–Kier alpha value is -3.39. The van der Waals surface area contributed by atoms with Crippen LogP contribution >= 0.6 is 0 Å². The standard InChI is InChI=1S/C21H23N3O5/c1-15(29-22-14-16-6-2-5-9-19(16)25)20(26)23-18-8-4-3-7-17(18)21(27)24-10-12-28-13-11-24/h2-9,14-15,25H,10-13H2,1H3,(H,23,26)/b22-14-/t15-/m1/s1. The number of phenolic OH excluding ortho intramolecular Hbond substituents is 1. The third-order valence-corrected chi connectivity index (χ3v) is 4.43. The van der Waals surface area contributed by atoms with Gasteiger partial charge in [0.05, 0.1) is 30.7 Å². The number of amides is 2. The number of aromatic hydroxyl groups is 1. The van der Waals surface area contributed by atoms with Gasteiger partial charge in [-0.15, -0.1) is 0 Å². The summed E-state index contributed by atoms with van der Waals surface area (Å²) in [4.78, 5) is 32.1. The number of carbonyl (C=O) groups is 2. The van der Waals surface area contributed by atoms with Gasteiger partial charge >= 0.3 is 0 Å². The summed E-state index contributed by atoms with van der Waals surface area (Å²) in [6, 6.07) is 13.5. The highest BCUT2D eigenvalue weighted by atomic mass is 16.6. The molecule has 0 aliphatic carbocycles. The second kappa shape index (κ2) is 9.70. The van der Waals surface area contributed by atoms with Crippen LogP contribution in [0.2, 0.25) is 0 Å². The summed E-state index contributed by atoms with van der Waals surface area (Å²) >= 11 is 0. The average molecular weight is 397 g/mol. The van der Waals surface area contributed by atoms with E-state index >= 15 is 0 Å². The lowest BCUT2D eigenvalue weighted by atomic mass is 10.1. The monoisotopic (exact) mass is 397 g/mol. The van der Waals surface area contributed by atoms with Crippen LogP contribution in [0.25, 0.3) is 0 Å². The highest BCUT2D eigenvalue weighted by Gasteiger charge is 2.23. The van der Waals surface area contributed by atoms with Crippen molar-refractivity contribution in [2.75, 3.05) is 31.6 Å². The number of rotatable bonds is 6. The van der Waals surface area contributed by atoms with Crippen LogP contribution < -0.4 is 5.32 Å². The second-order valence-electron chi connectivity index (χ2n) is 6.48. The van der Waals surface area contributed by atoms with E-state index in [1.807, 2.05) is 0 Å². The van der Waals surface area contributed by atoms with Crippen LogP contribution in [0.3, 0.4) is 0 Å². The predicted octanol–water partition coefficient (Wildman–Crippen LogP) is 2.24. The molecular weight excluding hydrogens is 374 g/mol. The number of para-hydroxylation sites is 2. The smallest absolute Gasteiger partial charge is 0.268 e. The molecule has 0 spiro atoms. The molecule has 2 aromatic rings. The largest absolute Gasteiger partial charge is 0.507 e. The number of nitrogens with zero attached hydrogens (tertiary/aromatic N) is 2. The van der Waals surface area contributed by atoms with Crippen LogP contribution in [0, 0.1) is 0 Å². The number of hydrogen-bond acceptors (Lipinski definition) is 6. The third kappa shape index (κ3) is 5.32. The first-order valence-corrected chi connectivity index (χ1v) is 9.30. The Morgan fingerprint density at radius 2 is 1.86 bits per heavy atom. The molecule has 0 bridgehead atoms. The molecule has 2 N–H and O–H groups in total. The molecule has 29 heavy (non-hydrogen) atoms. The number of carbonyl (C=O) groups excluding carboxylic acids is 2. The van der Waals surface area contributed by atoms with E-state index in [0.717, 1.165) is 0 Å². The fraction of sp³-hybridized carbons (Fsp3) is 0.286. The van der Waals surface area contributed by atoms with Crippen molar-refractivity contribution in [3.8, 4) is 5.75 Å². The number of ether oxygens (including phenoxy) is 1. The molecule has 1 aliphatic heterocycles. The number of morpholine rings is 1. The Balaban J connectivity index is 1.62. The summed E-state index contributed by atoms with van der Waals surface area (Å²) in [5, 5.41) is 16.2. The van der Waals surface area contributed by atoms with Gasteiger partial charge in [0.25, 0.3) is 11.8 Å². The number of hydrogen-bond donors (Lipinski definition) is 2. The highest BCUT2D eigenvalue weighted by Crippen LogP contribution is 2.19. The van der Waals surface area contributed by atoms with Gasteiger partial charge in [-0.3, -0.25) is 9.59 Å². The first-order valence-electron chi connectivity index (χ1n) is 9.30. The first-order chi connectivity index (χ1) is 14.1. The van der Waals surface area contributed by atoms with Crippen molar-refractivity contribution in [2.24, 2.45) is 5.16 Å². The lowest BCUT2D eigenvalue weighted by Crippen LogP contribution is -2.41. The lowest BCUT2D eigenvalue weighted by molar-refractivity contribution is -0.126. The van der Waals surface area contributed by atoms with Crippen molar-refractivity contribution >= 4 is 23.7 Å². The first kappa shape index (κ1) is 20.3. The minimum absolute atomic E-state index is 0.0625. The molecule has 1 saturated heterocycles. The van der Waals surface area contributed by atoms with E-state index in [0.29, 0.717) is 43.1 Å². The zero-order valence-corrected chi connectivity index (χ0v) is 16.1. The fourth-order valence-corrected chi connectivity index (χ4v) is 2.77. The molecule has 3 rings (SSSR count). The maximum atomic E-state index is 12.8. The number of anilines is 1. The van der Waals surface area contributed by atoms with Crippen LogP contribution in [0.5, 0.6) is 5.75 Å². The van der Waals surface area contributed by atoms with Crippen LogP contribution in [0.4, 0.5) is 5.69 Å².